The summed E-state index contributed by atoms with van der Waals surface area (Å²) in [6.45, 7) is 3.12. The van der Waals surface area contributed by atoms with Crippen molar-refractivity contribution in [2.24, 2.45) is 0 Å². The number of benzene rings is 2. The first-order valence-electron chi connectivity index (χ1n) is 9.78. The summed E-state index contributed by atoms with van der Waals surface area (Å²) < 4.78 is 3.23. The van der Waals surface area contributed by atoms with E-state index in [2.05, 4.69) is 20.5 Å². The molecule has 1 amide bonds. The molecule has 4 nitrogen and oxygen atoms in total. The van der Waals surface area contributed by atoms with Gasteiger partial charge in [-0.1, -0.05) is 46.4 Å². The summed E-state index contributed by atoms with van der Waals surface area (Å²) >= 11 is 9.73. The van der Waals surface area contributed by atoms with Gasteiger partial charge in [0, 0.05) is 27.6 Å². The van der Waals surface area contributed by atoms with Gasteiger partial charge in [0.25, 0.3) is 5.91 Å². The van der Waals surface area contributed by atoms with E-state index in [1.54, 1.807) is 0 Å². The molecule has 146 valence electrons. The molecule has 0 atom stereocenters. The van der Waals surface area contributed by atoms with Gasteiger partial charge < -0.3 is 9.47 Å². The number of nitrogens with zero attached hydrogens (tertiary/aromatic N) is 3. The number of amides is 1. The molecule has 0 unspecified atom stereocenters. The Hall–Kier alpha value is -1.85. The smallest absolute Gasteiger partial charge is 0.254 e. The summed E-state index contributed by atoms with van der Waals surface area (Å²) in [7, 11) is 0. The summed E-state index contributed by atoms with van der Waals surface area (Å²) in [5.74, 6) is 0.959. The van der Waals surface area contributed by atoms with E-state index >= 15 is 0 Å². The van der Waals surface area contributed by atoms with Gasteiger partial charge in [0.1, 0.15) is 5.82 Å². The summed E-state index contributed by atoms with van der Waals surface area (Å²) in [6.07, 6.45) is 4.77. The van der Waals surface area contributed by atoms with Crippen LogP contribution in [0.4, 0.5) is 0 Å². The maximum atomic E-state index is 13.1. The molecule has 0 aliphatic heterocycles. The zero-order valence-electron chi connectivity index (χ0n) is 15.9. The van der Waals surface area contributed by atoms with Crippen molar-refractivity contribution in [2.75, 3.05) is 6.54 Å². The van der Waals surface area contributed by atoms with Crippen molar-refractivity contribution in [1.82, 2.24) is 14.5 Å². The highest BCUT2D eigenvalue weighted by Gasteiger charge is 2.25. The molecule has 1 fully saturated rings. The number of aromatic nitrogens is 2. The molecule has 2 aromatic carbocycles. The van der Waals surface area contributed by atoms with Crippen LogP contribution in [-0.4, -0.2) is 26.9 Å². The van der Waals surface area contributed by atoms with Gasteiger partial charge in [-0.15, -0.1) is 0 Å². The fourth-order valence-corrected chi connectivity index (χ4v) is 4.67. The van der Waals surface area contributed by atoms with E-state index in [1.807, 2.05) is 54.3 Å². The first kappa shape index (κ1) is 19.5. The Morgan fingerprint density at radius 3 is 2.75 bits per heavy atom. The molecule has 28 heavy (non-hydrogen) atoms. The zero-order valence-corrected chi connectivity index (χ0v) is 18.2. The van der Waals surface area contributed by atoms with Gasteiger partial charge in [0.2, 0.25) is 0 Å². The number of hydrogen-bond donors (Lipinski definition) is 0. The number of hydrogen-bond acceptors (Lipinski definition) is 2. The fourth-order valence-electron chi connectivity index (χ4n) is 4.10. The second kappa shape index (κ2) is 8.26. The highest BCUT2D eigenvalue weighted by molar-refractivity contribution is 9.10. The molecule has 1 aliphatic carbocycles. The third-order valence-electron chi connectivity index (χ3n) is 5.49. The Morgan fingerprint density at radius 2 is 2.04 bits per heavy atom. The van der Waals surface area contributed by atoms with Gasteiger partial charge in [-0.3, -0.25) is 4.79 Å². The van der Waals surface area contributed by atoms with Crippen molar-refractivity contribution < 1.29 is 4.79 Å². The maximum Gasteiger partial charge on any atom is 0.254 e. The number of carbonyl (C=O) groups is 1. The van der Waals surface area contributed by atoms with Crippen LogP contribution >= 0.6 is 27.5 Å². The first-order chi connectivity index (χ1) is 13.6. The average Bonchev–Trinajstić information content (AvgIpc) is 3.32. The molecule has 1 aliphatic rings. The second-order valence-corrected chi connectivity index (χ2v) is 8.65. The number of carbonyl (C=O) groups excluding carboxylic acids is 1. The van der Waals surface area contributed by atoms with Crippen LogP contribution in [0.1, 0.15) is 54.8 Å². The van der Waals surface area contributed by atoms with E-state index in [9.17, 15) is 4.79 Å². The largest absolute Gasteiger partial charge is 0.331 e. The van der Waals surface area contributed by atoms with Gasteiger partial charge >= 0.3 is 0 Å². The fraction of sp³-hybridized carbons (Fsp3) is 0.364. The van der Waals surface area contributed by atoms with Crippen molar-refractivity contribution in [1.29, 1.82) is 0 Å². The van der Waals surface area contributed by atoms with Crippen LogP contribution < -0.4 is 0 Å². The first-order valence-corrected chi connectivity index (χ1v) is 10.9. The molecule has 4 rings (SSSR count). The molecule has 1 aromatic heterocycles. The van der Waals surface area contributed by atoms with Crippen molar-refractivity contribution in [2.45, 2.75) is 45.2 Å². The van der Waals surface area contributed by atoms with Gasteiger partial charge in [-0.25, -0.2) is 4.98 Å². The van der Waals surface area contributed by atoms with Gasteiger partial charge in [-0.05, 0) is 56.2 Å². The highest BCUT2D eigenvalue weighted by atomic mass is 79.9. The summed E-state index contributed by atoms with van der Waals surface area (Å²) in [6, 6.07) is 13.8. The molecule has 0 N–H and O–H groups in total. The van der Waals surface area contributed by atoms with Gasteiger partial charge in [0.15, 0.2) is 0 Å². The van der Waals surface area contributed by atoms with E-state index in [0.29, 0.717) is 24.7 Å². The normalized spacial score (nSPS) is 14.7. The molecule has 1 heterocycles. The maximum absolute atomic E-state index is 13.1. The number of rotatable bonds is 5. The SMILES string of the molecule is CCN(Cc1nc2ccc(Cl)cc2n1C1CCCC1)C(=O)c1cccc(Br)c1. The molecule has 3 aromatic rings. The predicted molar refractivity (Wildman–Crippen MR) is 117 cm³/mol. The van der Waals surface area contributed by atoms with Crippen LogP contribution in [0.3, 0.4) is 0 Å². The molecule has 0 saturated heterocycles. The Morgan fingerprint density at radius 1 is 1.25 bits per heavy atom. The average molecular weight is 461 g/mol. The summed E-state index contributed by atoms with van der Waals surface area (Å²) in [4.78, 5) is 19.8. The molecular weight excluding hydrogens is 438 g/mol. The van der Waals surface area contributed by atoms with Gasteiger partial charge in [-0.2, -0.15) is 0 Å². The van der Waals surface area contributed by atoms with Crippen molar-refractivity contribution in [3.8, 4) is 0 Å². The van der Waals surface area contributed by atoms with Crippen molar-refractivity contribution >= 4 is 44.5 Å². The third-order valence-corrected chi connectivity index (χ3v) is 6.22. The zero-order chi connectivity index (χ0) is 19.7. The molecule has 0 radical (unpaired) electrons. The van der Waals surface area contributed by atoms with E-state index in [-0.39, 0.29) is 5.91 Å². The minimum absolute atomic E-state index is 0.0202. The van der Waals surface area contributed by atoms with Crippen LogP contribution in [0.2, 0.25) is 5.02 Å². The van der Waals surface area contributed by atoms with Crippen LogP contribution in [0, 0.1) is 0 Å². The third kappa shape index (κ3) is 3.83. The Balaban J connectivity index is 1.71. The van der Waals surface area contributed by atoms with Crippen molar-refractivity contribution in [3.05, 3.63) is 63.3 Å². The van der Waals surface area contributed by atoms with E-state index in [0.717, 1.165) is 39.2 Å². The van der Waals surface area contributed by atoms with E-state index in [4.69, 9.17) is 16.6 Å². The van der Waals surface area contributed by atoms with Gasteiger partial charge in [0.05, 0.1) is 17.6 Å². The van der Waals surface area contributed by atoms with Crippen LogP contribution in [0.25, 0.3) is 11.0 Å². The minimum atomic E-state index is 0.0202. The molecule has 1 saturated carbocycles. The lowest BCUT2D eigenvalue weighted by Crippen LogP contribution is -2.31. The molecule has 6 heteroatoms. The Labute approximate surface area is 178 Å². The lowest BCUT2D eigenvalue weighted by molar-refractivity contribution is 0.0746. The van der Waals surface area contributed by atoms with Crippen molar-refractivity contribution in [3.63, 3.8) is 0 Å². The lowest BCUT2D eigenvalue weighted by atomic mass is 10.2. The molecular formula is C22H23BrClN3O. The van der Waals surface area contributed by atoms with Crippen LogP contribution in [0.15, 0.2) is 46.9 Å². The molecule has 0 spiro atoms. The monoisotopic (exact) mass is 459 g/mol. The van der Waals surface area contributed by atoms with E-state index < -0.39 is 0 Å². The van der Waals surface area contributed by atoms with Crippen LogP contribution in [-0.2, 0) is 6.54 Å². The van der Waals surface area contributed by atoms with Crippen LogP contribution in [0.5, 0.6) is 0 Å². The number of imidazole rings is 1. The Bertz CT molecular complexity index is 1010. The topological polar surface area (TPSA) is 38.1 Å². The number of fused-ring (bicyclic) bond motifs is 1. The summed E-state index contributed by atoms with van der Waals surface area (Å²) in [5.41, 5.74) is 2.69. The quantitative estimate of drug-likeness (QED) is 0.452. The highest BCUT2D eigenvalue weighted by Crippen LogP contribution is 2.35. The second-order valence-electron chi connectivity index (χ2n) is 7.30. The minimum Gasteiger partial charge on any atom is -0.331 e. The summed E-state index contributed by atoms with van der Waals surface area (Å²) in [5, 5.41) is 0.718. The molecule has 0 bridgehead atoms. The Kier molecular flexibility index (Phi) is 5.74. The predicted octanol–water partition coefficient (Wildman–Crippen LogP) is 6.23. The number of halogens is 2. The lowest BCUT2D eigenvalue weighted by Gasteiger charge is -2.23. The standard InChI is InChI=1S/C22H23BrClN3O/c1-2-26(22(28)15-6-5-7-16(23)12-15)14-21-25-19-11-10-17(24)13-20(19)27(21)18-8-3-4-9-18/h5-7,10-13,18H,2-4,8-9,14H2,1H3. The van der Waals surface area contributed by atoms with E-state index in [1.165, 1.54) is 12.8 Å².